The van der Waals surface area contributed by atoms with Crippen molar-refractivity contribution < 1.29 is 9.21 Å². The summed E-state index contributed by atoms with van der Waals surface area (Å²) in [6.45, 7) is 6.41. The monoisotopic (exact) mass is 291 g/mol. The first-order chi connectivity index (χ1) is 9.93. The van der Waals surface area contributed by atoms with Crippen molar-refractivity contribution in [1.29, 1.82) is 0 Å². The van der Waals surface area contributed by atoms with E-state index in [2.05, 4.69) is 15.3 Å². The normalized spacial score (nSPS) is 10.9. The van der Waals surface area contributed by atoms with Gasteiger partial charge in [-0.3, -0.25) is 9.48 Å². The van der Waals surface area contributed by atoms with Crippen LogP contribution < -0.4 is 0 Å². The molecule has 0 saturated heterocycles. The van der Waals surface area contributed by atoms with E-state index >= 15 is 0 Å². The van der Waals surface area contributed by atoms with Crippen molar-refractivity contribution in [2.45, 2.75) is 40.2 Å². The molecular formula is C14H21N5O2. The molecule has 0 saturated carbocycles. The van der Waals surface area contributed by atoms with Gasteiger partial charge in [0.15, 0.2) is 0 Å². The van der Waals surface area contributed by atoms with E-state index in [1.165, 1.54) is 0 Å². The molecule has 0 bridgehead atoms. The fourth-order valence-corrected chi connectivity index (χ4v) is 2.17. The second kappa shape index (κ2) is 6.07. The summed E-state index contributed by atoms with van der Waals surface area (Å²) >= 11 is 0. The molecule has 21 heavy (non-hydrogen) atoms. The highest BCUT2D eigenvalue weighted by atomic mass is 16.4. The topological polar surface area (TPSA) is 77.1 Å². The lowest BCUT2D eigenvalue weighted by Gasteiger charge is -2.15. The third-order valence-electron chi connectivity index (χ3n) is 3.51. The molecule has 0 aliphatic heterocycles. The van der Waals surface area contributed by atoms with Crippen LogP contribution in [0, 0.1) is 13.8 Å². The van der Waals surface area contributed by atoms with Gasteiger partial charge in [-0.15, -0.1) is 10.2 Å². The fourth-order valence-electron chi connectivity index (χ4n) is 2.17. The van der Waals surface area contributed by atoms with E-state index in [0.717, 1.165) is 23.4 Å². The second-order valence-corrected chi connectivity index (χ2v) is 5.19. The predicted molar refractivity (Wildman–Crippen MR) is 76.8 cm³/mol. The summed E-state index contributed by atoms with van der Waals surface area (Å²) in [5.74, 6) is 0.274. The molecule has 2 aromatic heterocycles. The third kappa shape index (κ3) is 3.12. The molecule has 0 radical (unpaired) electrons. The van der Waals surface area contributed by atoms with Gasteiger partial charge >= 0.3 is 11.8 Å². The SMILES string of the molecule is CCCc1nnc(C(=O)N(C)Cc2c(C)nn(C)c2C)o1. The van der Waals surface area contributed by atoms with Crippen LogP contribution in [0.5, 0.6) is 0 Å². The van der Waals surface area contributed by atoms with Crippen molar-refractivity contribution in [2.24, 2.45) is 7.05 Å². The van der Waals surface area contributed by atoms with Crippen molar-refractivity contribution in [2.75, 3.05) is 7.05 Å². The molecule has 0 atom stereocenters. The summed E-state index contributed by atoms with van der Waals surface area (Å²) in [5, 5.41) is 12.0. The quantitative estimate of drug-likeness (QED) is 0.837. The van der Waals surface area contributed by atoms with Crippen LogP contribution in [0.15, 0.2) is 4.42 Å². The van der Waals surface area contributed by atoms with Gasteiger partial charge in [0.1, 0.15) is 0 Å². The first-order valence-electron chi connectivity index (χ1n) is 7.01. The highest BCUT2D eigenvalue weighted by Crippen LogP contribution is 2.15. The van der Waals surface area contributed by atoms with Gasteiger partial charge < -0.3 is 9.32 Å². The van der Waals surface area contributed by atoms with E-state index in [1.807, 2.05) is 32.5 Å². The van der Waals surface area contributed by atoms with E-state index < -0.39 is 0 Å². The lowest BCUT2D eigenvalue weighted by atomic mass is 10.2. The number of aryl methyl sites for hydroxylation is 3. The van der Waals surface area contributed by atoms with Crippen LogP contribution in [-0.2, 0) is 20.0 Å². The Bertz CT molecular complexity index is 644. The Hall–Kier alpha value is -2.18. The highest BCUT2D eigenvalue weighted by molar-refractivity contribution is 5.89. The Labute approximate surface area is 124 Å². The molecular weight excluding hydrogens is 270 g/mol. The Kier molecular flexibility index (Phi) is 4.40. The van der Waals surface area contributed by atoms with Crippen LogP contribution in [-0.4, -0.2) is 37.8 Å². The molecule has 0 unspecified atom stereocenters. The van der Waals surface area contributed by atoms with Crippen molar-refractivity contribution in [1.82, 2.24) is 24.9 Å². The lowest BCUT2D eigenvalue weighted by molar-refractivity contribution is 0.0743. The van der Waals surface area contributed by atoms with E-state index in [0.29, 0.717) is 18.9 Å². The average molecular weight is 291 g/mol. The Morgan fingerprint density at radius 1 is 1.33 bits per heavy atom. The van der Waals surface area contributed by atoms with Crippen molar-refractivity contribution in [3.63, 3.8) is 0 Å². The summed E-state index contributed by atoms with van der Waals surface area (Å²) in [6.07, 6.45) is 1.59. The van der Waals surface area contributed by atoms with Crippen LogP contribution in [0.25, 0.3) is 0 Å². The van der Waals surface area contributed by atoms with Gasteiger partial charge in [-0.2, -0.15) is 5.10 Å². The van der Waals surface area contributed by atoms with E-state index in [9.17, 15) is 4.79 Å². The second-order valence-electron chi connectivity index (χ2n) is 5.19. The first-order valence-corrected chi connectivity index (χ1v) is 7.01. The number of carbonyl (C=O) groups is 1. The fraction of sp³-hybridized carbons (Fsp3) is 0.571. The minimum Gasteiger partial charge on any atom is -0.417 e. The number of rotatable bonds is 5. The van der Waals surface area contributed by atoms with E-state index in [4.69, 9.17) is 4.42 Å². The molecule has 7 nitrogen and oxygen atoms in total. The number of hydrogen-bond acceptors (Lipinski definition) is 5. The molecule has 7 heteroatoms. The van der Waals surface area contributed by atoms with E-state index in [1.54, 1.807) is 11.9 Å². The number of amides is 1. The zero-order valence-corrected chi connectivity index (χ0v) is 13.2. The van der Waals surface area contributed by atoms with Crippen LogP contribution in [0.2, 0.25) is 0 Å². The number of carbonyl (C=O) groups excluding carboxylic acids is 1. The molecule has 0 spiro atoms. The minimum absolute atomic E-state index is 0.0418. The van der Waals surface area contributed by atoms with Gasteiger partial charge in [-0.25, -0.2) is 0 Å². The molecule has 114 valence electrons. The number of aromatic nitrogens is 4. The van der Waals surface area contributed by atoms with Crippen LogP contribution in [0.3, 0.4) is 0 Å². The minimum atomic E-state index is -0.271. The van der Waals surface area contributed by atoms with Gasteiger partial charge in [0.05, 0.1) is 5.69 Å². The molecule has 0 aliphatic rings. The lowest BCUT2D eigenvalue weighted by Crippen LogP contribution is -2.27. The van der Waals surface area contributed by atoms with Crippen molar-refractivity contribution >= 4 is 5.91 Å². The molecule has 2 heterocycles. The maximum absolute atomic E-state index is 12.3. The Morgan fingerprint density at radius 2 is 2.05 bits per heavy atom. The average Bonchev–Trinajstić information content (AvgIpc) is 2.99. The molecule has 1 amide bonds. The van der Waals surface area contributed by atoms with Gasteiger partial charge in [0.25, 0.3) is 0 Å². The standard InChI is InChI=1S/C14H21N5O2/c1-6-7-12-15-16-13(21-12)14(20)18(4)8-11-9(2)17-19(5)10(11)3/h6-8H2,1-5H3. The smallest absolute Gasteiger partial charge is 0.311 e. The Balaban J connectivity index is 2.11. The maximum atomic E-state index is 12.3. The molecule has 0 aromatic carbocycles. The van der Waals surface area contributed by atoms with Gasteiger partial charge in [0.2, 0.25) is 5.89 Å². The van der Waals surface area contributed by atoms with E-state index in [-0.39, 0.29) is 11.8 Å². The molecule has 2 rings (SSSR count). The molecule has 2 aromatic rings. The largest absolute Gasteiger partial charge is 0.417 e. The summed E-state index contributed by atoms with van der Waals surface area (Å²) in [5.41, 5.74) is 3.01. The van der Waals surface area contributed by atoms with Crippen LogP contribution >= 0.6 is 0 Å². The third-order valence-corrected chi connectivity index (χ3v) is 3.51. The number of hydrogen-bond donors (Lipinski definition) is 0. The molecule has 0 N–H and O–H groups in total. The van der Waals surface area contributed by atoms with Gasteiger partial charge in [0, 0.05) is 38.3 Å². The molecule has 0 fully saturated rings. The zero-order chi connectivity index (χ0) is 15.6. The first kappa shape index (κ1) is 15.2. The zero-order valence-electron chi connectivity index (χ0n) is 13.2. The molecule has 0 aliphatic carbocycles. The Morgan fingerprint density at radius 3 is 2.62 bits per heavy atom. The van der Waals surface area contributed by atoms with Crippen molar-refractivity contribution in [3.8, 4) is 0 Å². The summed E-state index contributed by atoms with van der Waals surface area (Å²) < 4.78 is 7.19. The van der Waals surface area contributed by atoms with Crippen molar-refractivity contribution in [3.05, 3.63) is 28.7 Å². The van der Waals surface area contributed by atoms with Gasteiger partial charge in [-0.05, 0) is 20.3 Å². The number of nitrogens with zero attached hydrogens (tertiary/aromatic N) is 5. The highest BCUT2D eigenvalue weighted by Gasteiger charge is 2.21. The summed E-state index contributed by atoms with van der Waals surface area (Å²) in [6, 6.07) is 0. The maximum Gasteiger partial charge on any atom is 0.311 e. The summed E-state index contributed by atoms with van der Waals surface area (Å²) in [4.78, 5) is 13.9. The predicted octanol–water partition coefficient (Wildman–Crippen LogP) is 1.64. The summed E-state index contributed by atoms with van der Waals surface area (Å²) in [7, 11) is 3.61. The van der Waals surface area contributed by atoms with Gasteiger partial charge in [-0.1, -0.05) is 6.92 Å². The van der Waals surface area contributed by atoms with Crippen LogP contribution in [0.4, 0.5) is 0 Å². The van der Waals surface area contributed by atoms with Crippen LogP contribution in [0.1, 0.15) is 46.9 Å².